The van der Waals surface area contributed by atoms with Crippen LogP contribution in [0.2, 0.25) is 0 Å². The molecule has 0 aromatic carbocycles. The molecule has 0 N–H and O–H groups in total. The van der Waals surface area contributed by atoms with Crippen molar-refractivity contribution in [2.45, 2.75) is 325 Å². The zero-order chi connectivity index (χ0) is 49.3. The summed E-state index contributed by atoms with van der Waals surface area (Å²) in [7, 11) is 0. The van der Waals surface area contributed by atoms with Crippen molar-refractivity contribution in [3.8, 4) is 0 Å². The molecule has 10 atom stereocenters. The Morgan fingerprint density at radius 2 is 0.500 bits per heavy atom. The number of nitrogens with zero attached hydrogens (tertiary/aromatic N) is 2. The molecule has 0 aliphatic heterocycles. The smallest absolute Gasteiger partial charge is 0.0135 e. The highest BCUT2D eigenvalue weighted by atomic mass is 15.2. The quantitative estimate of drug-likeness (QED) is 0.239. The summed E-state index contributed by atoms with van der Waals surface area (Å²) < 4.78 is 0. The van der Waals surface area contributed by atoms with Gasteiger partial charge in [0.15, 0.2) is 0 Å². The Hall–Kier alpha value is -0.0800. The van der Waals surface area contributed by atoms with Crippen LogP contribution in [-0.4, -0.2) is 46.1 Å². The van der Waals surface area contributed by atoms with Crippen molar-refractivity contribution in [1.29, 1.82) is 0 Å². The zero-order valence-electron chi connectivity index (χ0n) is 49.1. The fraction of sp³-hybridized carbons (Fsp3) is 1.00. The molecule has 10 unspecified atom stereocenters. The van der Waals surface area contributed by atoms with E-state index in [1.165, 1.54) is 141 Å². The minimum absolute atomic E-state index is 0.461. The van der Waals surface area contributed by atoms with Crippen LogP contribution in [0.4, 0.5) is 0 Å². The third-order valence-corrected chi connectivity index (χ3v) is 25.9. The molecule has 0 amide bonds. The van der Waals surface area contributed by atoms with E-state index in [0.29, 0.717) is 21.7 Å². The second-order valence-electron chi connectivity index (χ2n) is 33.1. The van der Waals surface area contributed by atoms with Gasteiger partial charge in [0.05, 0.1) is 0 Å². The van der Waals surface area contributed by atoms with E-state index in [4.69, 9.17) is 0 Å². The van der Waals surface area contributed by atoms with Gasteiger partial charge in [0.2, 0.25) is 0 Å². The zero-order valence-corrected chi connectivity index (χ0v) is 49.1. The predicted octanol–water partition coefficient (Wildman–Crippen LogP) is 19.2. The summed E-state index contributed by atoms with van der Waals surface area (Å²) in [5.74, 6) is 13.7. The molecular weight excluding hydrogens is 845 g/mol. The maximum absolute atomic E-state index is 3.53. The van der Waals surface area contributed by atoms with E-state index >= 15 is 0 Å². The van der Waals surface area contributed by atoms with Gasteiger partial charge in [0.1, 0.15) is 0 Å². The molecule has 0 heterocycles. The van der Waals surface area contributed by atoms with Crippen LogP contribution in [-0.2, 0) is 0 Å². The second kappa shape index (κ2) is 21.4. The van der Waals surface area contributed by atoms with E-state index < -0.39 is 0 Å². The lowest BCUT2D eigenvalue weighted by Gasteiger charge is -2.68. The third-order valence-electron chi connectivity index (χ3n) is 25.9. The topological polar surface area (TPSA) is 6.48 Å². The first-order valence-electron chi connectivity index (χ1n) is 32.8. The summed E-state index contributed by atoms with van der Waals surface area (Å²) in [5.41, 5.74) is 1.86. The number of hydrogen-bond donors (Lipinski definition) is 0. The average molecular weight is 966 g/mol. The lowest BCUT2D eigenvalue weighted by molar-refractivity contribution is -0.190. The van der Waals surface area contributed by atoms with Crippen LogP contribution in [0.15, 0.2) is 0 Å². The van der Waals surface area contributed by atoms with Gasteiger partial charge in [-0.1, -0.05) is 122 Å². The molecule has 10 aliphatic carbocycles. The molecule has 10 aliphatic rings. The summed E-state index contributed by atoms with van der Waals surface area (Å²) in [6.07, 6.45) is 49.0. The van der Waals surface area contributed by atoms with E-state index in [0.717, 1.165) is 119 Å². The van der Waals surface area contributed by atoms with E-state index in [1.54, 1.807) is 64.2 Å². The summed E-state index contributed by atoms with van der Waals surface area (Å²) in [6, 6.07) is 5.19. The monoisotopic (exact) mass is 965 g/mol. The van der Waals surface area contributed by atoms with Crippen molar-refractivity contribution in [2.24, 2.45) is 105 Å². The standard InChI is InChI=1S/C68H120N2/c1-65(2,3)47-27-23-45(24-28-47)59-43-61(69(51-19-15-13-16-20-51)53-35-31-49(32-36-53)67(7,8)9)57-42-40-56-60(46-25-29-48(30-26-46)66(4,5)6)44-62(58-41-39-55(59)63(57)64(56)58)70(52-21-17-14-18-22-52)54-37-33-50(34-38-54)68(10,11)12/h45-64H,13-44H2,1-12H3. The molecular formula is C68H120N2. The van der Waals surface area contributed by atoms with E-state index in [9.17, 15) is 0 Å². The van der Waals surface area contributed by atoms with Gasteiger partial charge in [0, 0.05) is 36.3 Å². The van der Waals surface area contributed by atoms with Crippen LogP contribution in [0.25, 0.3) is 0 Å². The molecule has 10 rings (SSSR count). The van der Waals surface area contributed by atoms with Crippen LogP contribution >= 0.6 is 0 Å². The third kappa shape index (κ3) is 11.0. The molecule has 402 valence electrons. The van der Waals surface area contributed by atoms with Gasteiger partial charge in [-0.05, 0) is 271 Å². The fourth-order valence-electron chi connectivity index (χ4n) is 22.0. The van der Waals surface area contributed by atoms with Crippen molar-refractivity contribution in [2.75, 3.05) is 0 Å². The van der Waals surface area contributed by atoms with Gasteiger partial charge >= 0.3 is 0 Å². The van der Waals surface area contributed by atoms with Gasteiger partial charge in [-0.2, -0.15) is 0 Å². The molecule has 0 spiro atoms. The molecule has 2 nitrogen and oxygen atoms in total. The van der Waals surface area contributed by atoms with Crippen molar-refractivity contribution in [1.82, 2.24) is 9.80 Å². The molecule has 0 bridgehead atoms. The number of hydrogen-bond acceptors (Lipinski definition) is 2. The highest BCUT2D eigenvalue weighted by Crippen LogP contribution is 2.67. The Bertz CT molecular complexity index is 1500. The first kappa shape index (κ1) is 53.3. The van der Waals surface area contributed by atoms with Gasteiger partial charge in [0.25, 0.3) is 0 Å². The van der Waals surface area contributed by atoms with Gasteiger partial charge in [-0.15, -0.1) is 0 Å². The lowest BCUT2D eigenvalue weighted by atomic mass is 9.41. The minimum atomic E-state index is 0.461. The first-order chi connectivity index (χ1) is 33.3. The molecule has 0 saturated heterocycles. The van der Waals surface area contributed by atoms with Crippen molar-refractivity contribution < 1.29 is 0 Å². The number of rotatable bonds is 8. The largest absolute Gasteiger partial charge is 0.294 e. The van der Waals surface area contributed by atoms with Crippen molar-refractivity contribution in [3.63, 3.8) is 0 Å². The summed E-state index contributed by atoms with van der Waals surface area (Å²) in [5, 5.41) is 0. The normalized spacial score (nSPS) is 44.3. The highest BCUT2D eigenvalue weighted by Gasteiger charge is 2.63. The first-order valence-corrected chi connectivity index (χ1v) is 32.8. The fourth-order valence-corrected chi connectivity index (χ4v) is 22.0. The summed E-state index contributed by atoms with van der Waals surface area (Å²) in [6.45, 7) is 30.9. The summed E-state index contributed by atoms with van der Waals surface area (Å²) >= 11 is 0. The maximum Gasteiger partial charge on any atom is 0.0135 e. The van der Waals surface area contributed by atoms with Crippen molar-refractivity contribution in [3.05, 3.63) is 0 Å². The Balaban J connectivity index is 1.04. The van der Waals surface area contributed by atoms with Crippen LogP contribution < -0.4 is 0 Å². The SMILES string of the molecule is CC(C)(C)C1CCC(C2CC(N(C3CCCCC3)C3CCC(C(C)(C)C)CC3)C3CCC4C(C5CCC(C(C)(C)C)CC5)CC(N(C5CCCCC5)C5CCC(C(C)(C)C)CC5)C5CCC2C3C45)CC1. The minimum Gasteiger partial charge on any atom is -0.294 e. The summed E-state index contributed by atoms with van der Waals surface area (Å²) in [4.78, 5) is 7.06. The molecule has 2 heteroatoms. The Morgan fingerprint density at radius 3 is 0.786 bits per heavy atom. The van der Waals surface area contributed by atoms with E-state index in [1.807, 2.05) is 0 Å². The second-order valence-corrected chi connectivity index (χ2v) is 33.1. The molecule has 0 aromatic rings. The average Bonchev–Trinajstić information content (AvgIpc) is 3.34. The Labute approximate surface area is 437 Å². The van der Waals surface area contributed by atoms with Gasteiger partial charge in [-0.25, -0.2) is 0 Å². The van der Waals surface area contributed by atoms with E-state index in [2.05, 4.69) is 92.9 Å². The van der Waals surface area contributed by atoms with Gasteiger partial charge in [-0.3, -0.25) is 9.80 Å². The highest BCUT2D eigenvalue weighted by molar-refractivity contribution is 5.14. The maximum atomic E-state index is 3.53. The molecule has 0 radical (unpaired) electrons. The Morgan fingerprint density at radius 1 is 0.243 bits per heavy atom. The lowest BCUT2D eigenvalue weighted by Crippen LogP contribution is -2.67. The van der Waals surface area contributed by atoms with Crippen LogP contribution in [0, 0.1) is 105 Å². The van der Waals surface area contributed by atoms with Crippen molar-refractivity contribution >= 4 is 0 Å². The molecule has 10 saturated carbocycles. The van der Waals surface area contributed by atoms with Crippen LogP contribution in [0.1, 0.15) is 289 Å². The molecule has 10 fully saturated rings. The molecule has 70 heavy (non-hydrogen) atoms. The predicted molar refractivity (Wildman–Crippen MR) is 301 cm³/mol. The molecule has 0 aromatic heterocycles. The van der Waals surface area contributed by atoms with Crippen LogP contribution in [0.5, 0.6) is 0 Å². The Kier molecular flexibility index (Phi) is 16.3. The van der Waals surface area contributed by atoms with Gasteiger partial charge < -0.3 is 0 Å². The van der Waals surface area contributed by atoms with E-state index in [-0.39, 0.29) is 0 Å². The van der Waals surface area contributed by atoms with Crippen LogP contribution in [0.3, 0.4) is 0 Å².